The van der Waals surface area contributed by atoms with E-state index >= 15 is 0 Å². The average Bonchev–Trinajstić information content (AvgIpc) is 3.35. The highest BCUT2D eigenvalue weighted by Gasteiger charge is 2.31. The molecule has 0 spiro atoms. The predicted octanol–water partition coefficient (Wildman–Crippen LogP) is 2.27. The van der Waals surface area contributed by atoms with Gasteiger partial charge in [0.2, 0.25) is 0 Å². The van der Waals surface area contributed by atoms with Crippen molar-refractivity contribution < 1.29 is 14.3 Å². The first-order chi connectivity index (χ1) is 13.7. The average molecular weight is 379 g/mol. The molecule has 8 nitrogen and oxygen atoms in total. The van der Waals surface area contributed by atoms with Crippen molar-refractivity contribution in [2.75, 3.05) is 20.2 Å². The zero-order valence-corrected chi connectivity index (χ0v) is 15.8. The first-order valence-corrected chi connectivity index (χ1v) is 9.08. The van der Waals surface area contributed by atoms with Crippen LogP contribution < -0.4 is 9.47 Å². The Hall–Kier alpha value is -3.42. The second-order valence-corrected chi connectivity index (χ2v) is 6.54. The molecule has 1 fully saturated rings. The normalized spacial score (nSPS) is 16.2. The Morgan fingerprint density at radius 2 is 1.89 bits per heavy atom. The zero-order chi connectivity index (χ0) is 19.5. The standard InChI is InChI=1S/C20H21N5O3/c1-14-17(12-23-25(14)15-6-4-3-5-7-15)20(26)24-11-8-16(13-24)28-19-18(27-2)21-9-10-22-19/h3-7,9-10,12,16H,8,11,13H2,1-2H3. The highest BCUT2D eigenvalue weighted by atomic mass is 16.5. The van der Waals surface area contributed by atoms with Crippen LogP contribution in [0.2, 0.25) is 0 Å². The first-order valence-electron chi connectivity index (χ1n) is 9.08. The van der Waals surface area contributed by atoms with Gasteiger partial charge in [-0.25, -0.2) is 14.6 Å². The number of benzene rings is 1. The van der Waals surface area contributed by atoms with Crippen molar-refractivity contribution in [1.29, 1.82) is 0 Å². The monoisotopic (exact) mass is 379 g/mol. The van der Waals surface area contributed by atoms with Crippen LogP contribution in [-0.2, 0) is 0 Å². The van der Waals surface area contributed by atoms with Crippen molar-refractivity contribution in [2.24, 2.45) is 0 Å². The van der Waals surface area contributed by atoms with Gasteiger partial charge in [0.15, 0.2) is 0 Å². The van der Waals surface area contributed by atoms with Crippen LogP contribution in [0.15, 0.2) is 48.9 Å². The molecule has 1 aliphatic heterocycles. The molecule has 8 heteroatoms. The summed E-state index contributed by atoms with van der Waals surface area (Å²) >= 11 is 0. The summed E-state index contributed by atoms with van der Waals surface area (Å²) in [7, 11) is 1.52. The Kier molecular flexibility index (Phi) is 4.92. The number of carbonyl (C=O) groups is 1. The summed E-state index contributed by atoms with van der Waals surface area (Å²) in [5, 5.41) is 4.39. The second kappa shape index (κ2) is 7.67. The lowest BCUT2D eigenvalue weighted by molar-refractivity contribution is 0.0769. The molecule has 144 valence electrons. The molecule has 3 aromatic rings. The van der Waals surface area contributed by atoms with Crippen LogP contribution in [0.4, 0.5) is 0 Å². The third-order valence-electron chi connectivity index (χ3n) is 4.78. The summed E-state index contributed by atoms with van der Waals surface area (Å²) in [4.78, 5) is 23.0. The smallest absolute Gasteiger partial charge is 0.278 e. The minimum atomic E-state index is -0.154. The van der Waals surface area contributed by atoms with E-state index in [9.17, 15) is 4.79 Å². The Morgan fingerprint density at radius 3 is 2.64 bits per heavy atom. The van der Waals surface area contributed by atoms with Gasteiger partial charge in [-0.05, 0) is 19.1 Å². The quantitative estimate of drug-likeness (QED) is 0.676. The molecule has 0 bridgehead atoms. The summed E-state index contributed by atoms with van der Waals surface area (Å²) in [6.07, 6.45) is 5.29. The molecule has 4 rings (SSSR count). The van der Waals surface area contributed by atoms with Gasteiger partial charge >= 0.3 is 0 Å². The van der Waals surface area contributed by atoms with Gasteiger partial charge in [0.1, 0.15) is 6.10 Å². The number of methoxy groups -OCH3 is 1. The largest absolute Gasteiger partial charge is 0.477 e. The number of carbonyl (C=O) groups excluding carboxylic acids is 1. The van der Waals surface area contributed by atoms with Crippen molar-refractivity contribution in [3.8, 4) is 17.4 Å². The topological polar surface area (TPSA) is 82.4 Å². The Morgan fingerprint density at radius 1 is 1.14 bits per heavy atom. The van der Waals surface area contributed by atoms with Crippen molar-refractivity contribution in [3.63, 3.8) is 0 Å². The van der Waals surface area contributed by atoms with E-state index in [0.29, 0.717) is 30.4 Å². The number of aromatic nitrogens is 4. The van der Waals surface area contributed by atoms with Gasteiger partial charge in [0.05, 0.1) is 36.8 Å². The third kappa shape index (κ3) is 3.40. The van der Waals surface area contributed by atoms with Crippen molar-refractivity contribution in [3.05, 3.63) is 60.2 Å². The summed E-state index contributed by atoms with van der Waals surface area (Å²) in [6, 6.07) is 9.76. The number of nitrogens with zero attached hydrogens (tertiary/aromatic N) is 5. The van der Waals surface area contributed by atoms with Crippen molar-refractivity contribution in [1.82, 2.24) is 24.6 Å². The maximum atomic E-state index is 13.0. The number of likely N-dealkylation sites (tertiary alicyclic amines) is 1. The predicted molar refractivity (Wildman–Crippen MR) is 102 cm³/mol. The van der Waals surface area contributed by atoms with Crippen LogP contribution in [0.25, 0.3) is 5.69 Å². The van der Waals surface area contributed by atoms with Crippen LogP contribution in [0, 0.1) is 6.92 Å². The van der Waals surface area contributed by atoms with E-state index in [2.05, 4.69) is 15.1 Å². The number of hydrogen-bond acceptors (Lipinski definition) is 6. The van der Waals surface area contributed by atoms with E-state index in [1.165, 1.54) is 7.11 Å². The highest BCUT2D eigenvalue weighted by molar-refractivity contribution is 5.95. The van der Waals surface area contributed by atoms with Crippen LogP contribution in [0.5, 0.6) is 11.8 Å². The molecule has 1 atom stereocenters. The summed E-state index contributed by atoms with van der Waals surface area (Å²) in [5.74, 6) is 0.640. The fourth-order valence-electron chi connectivity index (χ4n) is 3.32. The van der Waals surface area contributed by atoms with Gasteiger partial charge < -0.3 is 14.4 Å². The molecule has 3 heterocycles. The maximum absolute atomic E-state index is 13.0. The minimum absolute atomic E-state index is 0.0445. The molecular weight excluding hydrogens is 358 g/mol. The summed E-state index contributed by atoms with van der Waals surface area (Å²) < 4.78 is 12.9. The van der Waals surface area contributed by atoms with Crippen molar-refractivity contribution in [2.45, 2.75) is 19.4 Å². The molecular formula is C20H21N5O3. The molecule has 1 amide bonds. The number of hydrogen-bond donors (Lipinski definition) is 0. The zero-order valence-electron chi connectivity index (χ0n) is 15.8. The Balaban J connectivity index is 1.46. The molecule has 0 N–H and O–H groups in total. The lowest BCUT2D eigenvalue weighted by atomic mass is 10.2. The van der Waals surface area contributed by atoms with Crippen LogP contribution in [0.1, 0.15) is 22.5 Å². The Bertz CT molecular complexity index is 973. The van der Waals surface area contributed by atoms with Crippen LogP contribution in [0.3, 0.4) is 0 Å². The van der Waals surface area contributed by atoms with Gasteiger partial charge in [0, 0.05) is 25.4 Å². The fourth-order valence-corrected chi connectivity index (χ4v) is 3.32. The summed E-state index contributed by atoms with van der Waals surface area (Å²) in [6.45, 7) is 3.00. The highest BCUT2D eigenvalue weighted by Crippen LogP contribution is 2.25. The molecule has 1 saturated heterocycles. The maximum Gasteiger partial charge on any atom is 0.278 e. The van der Waals surface area contributed by atoms with E-state index in [0.717, 1.165) is 17.8 Å². The lowest BCUT2D eigenvalue weighted by Crippen LogP contribution is -2.31. The molecule has 28 heavy (non-hydrogen) atoms. The van der Waals surface area contributed by atoms with Crippen molar-refractivity contribution >= 4 is 5.91 Å². The number of amides is 1. The fraction of sp³-hybridized carbons (Fsp3) is 0.300. The molecule has 0 saturated carbocycles. The molecule has 0 aliphatic carbocycles. The Labute approximate surface area is 162 Å². The molecule has 1 aliphatic rings. The summed E-state index contributed by atoms with van der Waals surface area (Å²) in [5.41, 5.74) is 2.34. The molecule has 1 unspecified atom stereocenters. The minimum Gasteiger partial charge on any atom is -0.477 e. The molecule has 0 radical (unpaired) electrons. The third-order valence-corrected chi connectivity index (χ3v) is 4.78. The van der Waals surface area contributed by atoms with Crippen LogP contribution in [-0.4, -0.2) is 56.9 Å². The number of ether oxygens (including phenoxy) is 2. The van der Waals surface area contributed by atoms with Gasteiger partial charge in [0.25, 0.3) is 17.7 Å². The number of para-hydroxylation sites is 1. The molecule has 1 aromatic carbocycles. The van der Waals surface area contributed by atoms with E-state index in [1.807, 2.05) is 37.3 Å². The van der Waals surface area contributed by atoms with Gasteiger partial charge in [-0.1, -0.05) is 18.2 Å². The first kappa shape index (κ1) is 18.0. The van der Waals surface area contributed by atoms with E-state index < -0.39 is 0 Å². The van der Waals surface area contributed by atoms with Gasteiger partial charge in [-0.15, -0.1) is 0 Å². The van der Waals surface area contributed by atoms with Gasteiger partial charge in [-0.3, -0.25) is 4.79 Å². The van der Waals surface area contributed by atoms with E-state index in [-0.39, 0.29) is 12.0 Å². The van der Waals surface area contributed by atoms with E-state index in [1.54, 1.807) is 28.2 Å². The van der Waals surface area contributed by atoms with Gasteiger partial charge in [-0.2, -0.15) is 5.10 Å². The molecule has 2 aromatic heterocycles. The van der Waals surface area contributed by atoms with Crippen LogP contribution >= 0.6 is 0 Å². The second-order valence-electron chi connectivity index (χ2n) is 6.54. The SMILES string of the molecule is COc1nccnc1OC1CCN(C(=O)c2cnn(-c3ccccc3)c2C)C1. The lowest BCUT2D eigenvalue weighted by Gasteiger charge is -2.17. The van der Waals surface area contributed by atoms with E-state index in [4.69, 9.17) is 9.47 Å². The number of rotatable bonds is 5.